The number of pyridine rings is 1. The molecule has 0 radical (unpaired) electrons. The molecule has 7 heteroatoms. The topological polar surface area (TPSA) is 37.0 Å². The molecule has 0 unspecified atom stereocenters. The fourth-order valence-electron chi connectivity index (χ4n) is 3.51. The first kappa shape index (κ1) is 19.5. The van der Waals surface area contributed by atoms with Crippen molar-refractivity contribution in [3.8, 4) is 0 Å². The van der Waals surface area contributed by atoms with Gasteiger partial charge >= 0.3 is 0 Å². The third-order valence-electron chi connectivity index (χ3n) is 4.89. The number of nitrogens with zero attached hydrogens (tertiary/aromatic N) is 1. The highest BCUT2D eigenvalue weighted by molar-refractivity contribution is 9.10. The van der Waals surface area contributed by atoms with Gasteiger partial charge in [0.05, 0.1) is 9.50 Å². The van der Waals surface area contributed by atoms with Gasteiger partial charge in [0.1, 0.15) is 11.6 Å². The van der Waals surface area contributed by atoms with E-state index >= 15 is 0 Å². The van der Waals surface area contributed by atoms with Gasteiger partial charge in [0.15, 0.2) is 5.11 Å². The summed E-state index contributed by atoms with van der Waals surface area (Å²) < 4.78 is 14.1. The molecule has 0 bridgehead atoms. The number of aromatic nitrogens is 1. The van der Waals surface area contributed by atoms with Crippen molar-refractivity contribution in [1.82, 2.24) is 10.3 Å². The fraction of sp³-hybridized carbons (Fsp3) is 0.368. The number of rotatable bonds is 4. The van der Waals surface area contributed by atoms with Crippen LogP contribution in [0.1, 0.15) is 37.7 Å². The minimum Gasteiger partial charge on any atom is -0.362 e. The van der Waals surface area contributed by atoms with Crippen LogP contribution in [0.3, 0.4) is 0 Å². The summed E-state index contributed by atoms with van der Waals surface area (Å²) >= 11 is 14.8. The lowest BCUT2D eigenvalue weighted by Crippen LogP contribution is -2.43. The Bertz CT molecular complexity index is 779. The Morgan fingerprint density at radius 3 is 2.58 bits per heavy atom. The van der Waals surface area contributed by atoms with Crippen LogP contribution < -0.4 is 10.6 Å². The second-order valence-corrected chi connectivity index (χ2v) is 8.34. The molecule has 1 aromatic heterocycles. The van der Waals surface area contributed by atoms with Crippen molar-refractivity contribution in [2.24, 2.45) is 0 Å². The molecule has 1 saturated carbocycles. The van der Waals surface area contributed by atoms with Crippen LogP contribution >= 0.6 is 39.7 Å². The molecule has 0 aliphatic heterocycles. The van der Waals surface area contributed by atoms with E-state index < -0.39 is 0 Å². The lowest BCUT2D eigenvalue weighted by molar-refractivity contribution is 0.292. The van der Waals surface area contributed by atoms with Gasteiger partial charge in [0.2, 0.25) is 0 Å². The van der Waals surface area contributed by atoms with Crippen molar-refractivity contribution in [1.29, 1.82) is 0 Å². The van der Waals surface area contributed by atoms with Gasteiger partial charge in [-0.05, 0) is 64.8 Å². The maximum atomic E-state index is 13.3. The van der Waals surface area contributed by atoms with Gasteiger partial charge in [-0.2, -0.15) is 0 Å². The van der Waals surface area contributed by atoms with Crippen LogP contribution in [0, 0.1) is 5.82 Å². The average molecular weight is 457 g/mol. The Kier molecular flexibility index (Phi) is 6.48. The first-order valence-corrected chi connectivity index (χ1v) is 10.2. The molecule has 2 aromatic rings. The molecule has 1 aliphatic carbocycles. The van der Waals surface area contributed by atoms with Gasteiger partial charge in [-0.15, -0.1) is 0 Å². The van der Waals surface area contributed by atoms with Crippen LogP contribution in [0.4, 0.5) is 10.2 Å². The monoisotopic (exact) mass is 455 g/mol. The Labute approximate surface area is 171 Å². The van der Waals surface area contributed by atoms with Gasteiger partial charge < -0.3 is 10.6 Å². The highest BCUT2D eigenvalue weighted by Gasteiger charge is 2.34. The van der Waals surface area contributed by atoms with E-state index in [1.807, 2.05) is 12.1 Å². The van der Waals surface area contributed by atoms with Gasteiger partial charge in [0, 0.05) is 18.2 Å². The largest absolute Gasteiger partial charge is 0.362 e. The van der Waals surface area contributed by atoms with Gasteiger partial charge in [0.25, 0.3) is 0 Å². The molecule has 1 aromatic carbocycles. The zero-order chi connectivity index (χ0) is 18.6. The number of thiocarbonyl (C=S) groups is 1. The molecule has 3 nitrogen and oxygen atoms in total. The van der Waals surface area contributed by atoms with E-state index in [1.54, 1.807) is 12.3 Å². The summed E-state index contributed by atoms with van der Waals surface area (Å²) in [6, 6.07) is 8.64. The molecule has 1 fully saturated rings. The molecular formula is C19H20BrClFN3S. The zero-order valence-electron chi connectivity index (χ0n) is 14.2. The molecule has 0 amide bonds. The van der Waals surface area contributed by atoms with Crippen LogP contribution in [0.2, 0.25) is 5.02 Å². The lowest BCUT2D eigenvalue weighted by Gasteiger charge is -2.38. The Hall–Kier alpha value is -1.24. The smallest absolute Gasteiger partial charge is 0.172 e. The van der Waals surface area contributed by atoms with E-state index in [2.05, 4.69) is 31.5 Å². The minimum absolute atomic E-state index is 0.0254. The Balaban J connectivity index is 1.69. The number of hydrogen-bond acceptors (Lipinski definition) is 2. The van der Waals surface area contributed by atoms with Crippen LogP contribution in [0.15, 0.2) is 41.0 Å². The van der Waals surface area contributed by atoms with E-state index in [9.17, 15) is 4.39 Å². The van der Waals surface area contributed by atoms with Crippen LogP contribution in [0.5, 0.6) is 0 Å². The van der Waals surface area contributed by atoms with Crippen molar-refractivity contribution in [2.45, 2.75) is 37.5 Å². The molecule has 1 heterocycles. The highest BCUT2D eigenvalue weighted by Crippen LogP contribution is 2.39. The predicted molar refractivity (Wildman–Crippen MR) is 112 cm³/mol. The summed E-state index contributed by atoms with van der Waals surface area (Å²) in [6.45, 7) is 0.704. The first-order chi connectivity index (χ1) is 12.5. The number of hydrogen-bond donors (Lipinski definition) is 2. The van der Waals surface area contributed by atoms with Gasteiger partial charge in [-0.1, -0.05) is 43.0 Å². The maximum absolute atomic E-state index is 13.3. The minimum atomic E-state index is -0.205. The number of halogens is 3. The third-order valence-corrected chi connectivity index (χ3v) is 5.95. The predicted octanol–water partition coefficient (Wildman–Crippen LogP) is 5.83. The normalized spacial score (nSPS) is 16.1. The molecule has 138 valence electrons. The molecule has 0 spiro atoms. The molecular weight excluding hydrogens is 437 g/mol. The first-order valence-electron chi connectivity index (χ1n) is 8.60. The molecule has 0 saturated heterocycles. The van der Waals surface area contributed by atoms with E-state index in [1.165, 1.54) is 37.0 Å². The second-order valence-electron chi connectivity index (χ2n) is 6.64. The third kappa shape index (κ3) is 4.72. The Morgan fingerprint density at radius 1 is 1.23 bits per heavy atom. The summed E-state index contributed by atoms with van der Waals surface area (Å²) in [6.07, 6.45) is 7.28. The van der Waals surface area contributed by atoms with Crippen molar-refractivity contribution >= 4 is 50.7 Å². The van der Waals surface area contributed by atoms with Crippen LogP contribution in [0.25, 0.3) is 0 Å². The van der Waals surface area contributed by atoms with Crippen LogP contribution in [-0.2, 0) is 5.41 Å². The van der Waals surface area contributed by atoms with Gasteiger partial charge in [-0.25, -0.2) is 9.37 Å². The van der Waals surface area contributed by atoms with Gasteiger partial charge in [-0.3, -0.25) is 0 Å². The summed E-state index contributed by atoms with van der Waals surface area (Å²) in [5.41, 5.74) is 1.14. The van der Waals surface area contributed by atoms with E-state index in [0.717, 1.165) is 17.3 Å². The van der Waals surface area contributed by atoms with E-state index in [-0.39, 0.29) is 11.2 Å². The van der Waals surface area contributed by atoms with Crippen molar-refractivity contribution in [2.75, 3.05) is 11.9 Å². The maximum Gasteiger partial charge on any atom is 0.172 e. The average Bonchev–Trinajstić information content (AvgIpc) is 2.64. The summed E-state index contributed by atoms with van der Waals surface area (Å²) in [5, 5.41) is 7.49. The molecule has 26 heavy (non-hydrogen) atoms. The molecule has 0 atom stereocenters. The second kappa shape index (κ2) is 8.63. The lowest BCUT2D eigenvalue weighted by atomic mass is 9.69. The number of benzene rings is 1. The SMILES string of the molecule is Fc1ccc(C2(CNC(=S)Nc3ncc(Cl)cc3Br)CCCCC2)cc1. The quantitative estimate of drug-likeness (QED) is 0.568. The zero-order valence-corrected chi connectivity index (χ0v) is 17.4. The van der Waals surface area contributed by atoms with E-state index in [0.29, 0.717) is 22.5 Å². The van der Waals surface area contributed by atoms with Crippen molar-refractivity contribution < 1.29 is 4.39 Å². The summed E-state index contributed by atoms with van der Waals surface area (Å²) in [4.78, 5) is 4.24. The summed E-state index contributed by atoms with van der Waals surface area (Å²) in [7, 11) is 0. The van der Waals surface area contributed by atoms with E-state index in [4.69, 9.17) is 23.8 Å². The van der Waals surface area contributed by atoms with Crippen LogP contribution in [-0.4, -0.2) is 16.6 Å². The molecule has 1 aliphatic rings. The van der Waals surface area contributed by atoms with Crippen molar-refractivity contribution in [3.63, 3.8) is 0 Å². The highest BCUT2D eigenvalue weighted by atomic mass is 79.9. The van der Waals surface area contributed by atoms with Crippen molar-refractivity contribution in [3.05, 3.63) is 57.4 Å². The summed E-state index contributed by atoms with van der Waals surface area (Å²) in [5.74, 6) is 0.412. The fourth-order valence-corrected chi connectivity index (χ4v) is 4.41. The Morgan fingerprint density at radius 2 is 1.92 bits per heavy atom. The number of anilines is 1. The molecule has 2 N–H and O–H groups in total. The standard InChI is InChI=1S/C19H20BrClFN3S/c20-16-10-14(21)11-23-17(16)25-18(26)24-12-19(8-2-1-3-9-19)13-4-6-15(22)7-5-13/h4-7,10-11H,1-3,8-9,12H2,(H2,23,24,25,26). The number of nitrogens with one attached hydrogen (secondary N) is 2. The molecule has 3 rings (SSSR count).